The van der Waals surface area contributed by atoms with Crippen LogP contribution in [0.15, 0.2) is 66.9 Å². The van der Waals surface area contributed by atoms with E-state index >= 15 is 0 Å². The molecule has 2 aromatic carbocycles. The standard InChI is InChI=1S/C26H24FN3O3/c27-23-15-19(8-11-28-23)25(17-4-2-1-3-5-17)18-9-12-30(13-10-18)26(32)20-6-7-22-21(14-20)29-24(31)16-33-22/h1-8,11,14-15,18,25H,9-10,12-13,16H2,(H,29,31). The molecule has 1 atom stereocenters. The lowest BCUT2D eigenvalue weighted by atomic mass is 9.76. The summed E-state index contributed by atoms with van der Waals surface area (Å²) >= 11 is 0. The van der Waals surface area contributed by atoms with Crippen molar-refractivity contribution >= 4 is 17.5 Å². The molecule has 2 aliphatic rings. The summed E-state index contributed by atoms with van der Waals surface area (Å²) in [5, 5.41) is 2.75. The first-order valence-corrected chi connectivity index (χ1v) is 11.1. The lowest BCUT2D eigenvalue weighted by Gasteiger charge is -2.36. The van der Waals surface area contributed by atoms with E-state index in [0.717, 1.165) is 24.0 Å². The molecule has 3 heterocycles. The number of fused-ring (bicyclic) bond motifs is 1. The molecule has 1 N–H and O–H groups in total. The van der Waals surface area contributed by atoms with Crippen LogP contribution in [-0.4, -0.2) is 41.4 Å². The number of rotatable bonds is 4. The first-order chi connectivity index (χ1) is 16.1. The largest absolute Gasteiger partial charge is 0.482 e. The second kappa shape index (κ2) is 9.02. The number of hydrogen-bond acceptors (Lipinski definition) is 4. The van der Waals surface area contributed by atoms with Crippen molar-refractivity contribution in [1.82, 2.24) is 9.88 Å². The molecule has 5 rings (SSSR count). The van der Waals surface area contributed by atoms with Gasteiger partial charge in [0.15, 0.2) is 6.61 Å². The fraction of sp³-hybridized carbons (Fsp3) is 0.269. The Bertz CT molecular complexity index is 1180. The normalized spacial score (nSPS) is 17.0. The van der Waals surface area contributed by atoms with Gasteiger partial charge in [0.25, 0.3) is 11.8 Å². The average molecular weight is 445 g/mol. The first-order valence-electron chi connectivity index (χ1n) is 11.1. The van der Waals surface area contributed by atoms with E-state index in [1.165, 1.54) is 12.3 Å². The van der Waals surface area contributed by atoms with Crippen molar-refractivity contribution in [1.29, 1.82) is 0 Å². The Morgan fingerprint density at radius 2 is 1.85 bits per heavy atom. The van der Waals surface area contributed by atoms with E-state index in [1.807, 2.05) is 29.2 Å². The van der Waals surface area contributed by atoms with Gasteiger partial charge in [-0.2, -0.15) is 4.39 Å². The van der Waals surface area contributed by atoms with Gasteiger partial charge in [-0.3, -0.25) is 9.59 Å². The van der Waals surface area contributed by atoms with Crippen LogP contribution in [0.3, 0.4) is 0 Å². The van der Waals surface area contributed by atoms with E-state index in [9.17, 15) is 14.0 Å². The van der Waals surface area contributed by atoms with Crippen molar-refractivity contribution < 1.29 is 18.7 Å². The van der Waals surface area contributed by atoms with Crippen molar-refractivity contribution in [3.63, 3.8) is 0 Å². The van der Waals surface area contributed by atoms with E-state index in [4.69, 9.17) is 4.74 Å². The van der Waals surface area contributed by atoms with Crippen LogP contribution in [0.5, 0.6) is 5.75 Å². The Morgan fingerprint density at radius 1 is 1.06 bits per heavy atom. The number of amides is 2. The van der Waals surface area contributed by atoms with Crippen LogP contribution in [0.2, 0.25) is 0 Å². The number of benzene rings is 2. The number of carbonyl (C=O) groups excluding carboxylic acids is 2. The highest BCUT2D eigenvalue weighted by Crippen LogP contribution is 2.38. The Labute approximate surface area is 191 Å². The van der Waals surface area contributed by atoms with Gasteiger partial charge in [-0.15, -0.1) is 0 Å². The summed E-state index contributed by atoms with van der Waals surface area (Å²) in [4.78, 5) is 30.3. The second-order valence-corrected chi connectivity index (χ2v) is 8.48. The molecule has 33 heavy (non-hydrogen) atoms. The molecule has 168 valence electrons. The van der Waals surface area contributed by atoms with Crippen LogP contribution in [0, 0.1) is 11.9 Å². The van der Waals surface area contributed by atoms with Gasteiger partial charge in [0.2, 0.25) is 5.95 Å². The van der Waals surface area contributed by atoms with Gasteiger partial charge in [0.05, 0.1) is 5.69 Å². The molecule has 3 aromatic rings. The topological polar surface area (TPSA) is 71.5 Å². The molecule has 1 aromatic heterocycles. The van der Waals surface area contributed by atoms with Crippen molar-refractivity contribution in [2.45, 2.75) is 18.8 Å². The van der Waals surface area contributed by atoms with Gasteiger partial charge in [0, 0.05) is 30.8 Å². The molecule has 6 nitrogen and oxygen atoms in total. The second-order valence-electron chi connectivity index (χ2n) is 8.48. The lowest BCUT2D eigenvalue weighted by Crippen LogP contribution is -2.40. The van der Waals surface area contributed by atoms with Crippen LogP contribution in [0.25, 0.3) is 0 Å². The number of carbonyl (C=O) groups is 2. The zero-order valence-electron chi connectivity index (χ0n) is 18.0. The number of pyridine rings is 1. The maximum absolute atomic E-state index is 13.9. The van der Waals surface area contributed by atoms with Gasteiger partial charge in [-0.05, 0) is 60.2 Å². The molecule has 0 bridgehead atoms. The third-order valence-electron chi connectivity index (χ3n) is 6.43. The molecule has 0 aliphatic carbocycles. The average Bonchev–Trinajstić information content (AvgIpc) is 2.84. The molecule has 2 aliphatic heterocycles. The highest BCUT2D eigenvalue weighted by molar-refractivity contribution is 5.99. The SMILES string of the molecule is O=C1COc2ccc(C(=O)N3CCC(C(c4ccccc4)c4ccnc(F)c4)CC3)cc2N1. The van der Waals surface area contributed by atoms with E-state index in [2.05, 4.69) is 22.4 Å². The van der Waals surface area contributed by atoms with Crippen molar-refractivity contribution in [2.75, 3.05) is 25.0 Å². The summed E-state index contributed by atoms with van der Waals surface area (Å²) in [6.45, 7) is 1.21. The number of anilines is 1. The number of ether oxygens (including phenoxy) is 1. The predicted molar refractivity (Wildman–Crippen MR) is 122 cm³/mol. The van der Waals surface area contributed by atoms with Crippen LogP contribution in [0.1, 0.15) is 40.2 Å². The molecule has 1 unspecified atom stereocenters. The Morgan fingerprint density at radius 3 is 2.61 bits per heavy atom. The summed E-state index contributed by atoms with van der Waals surface area (Å²) in [5.74, 6) is 0.103. The first kappa shape index (κ1) is 21.1. The van der Waals surface area contributed by atoms with E-state index in [-0.39, 0.29) is 30.3 Å². The number of hydrogen-bond donors (Lipinski definition) is 1. The highest BCUT2D eigenvalue weighted by Gasteiger charge is 2.31. The summed E-state index contributed by atoms with van der Waals surface area (Å²) in [5.41, 5.74) is 3.09. The number of halogens is 1. The van der Waals surface area contributed by atoms with Crippen molar-refractivity contribution in [3.8, 4) is 5.75 Å². The summed E-state index contributed by atoms with van der Waals surface area (Å²) in [7, 11) is 0. The molecule has 0 radical (unpaired) electrons. The fourth-order valence-electron chi connectivity index (χ4n) is 4.84. The molecule has 1 saturated heterocycles. The zero-order chi connectivity index (χ0) is 22.8. The number of nitrogens with zero attached hydrogens (tertiary/aromatic N) is 2. The predicted octanol–water partition coefficient (Wildman–Crippen LogP) is 4.24. The zero-order valence-corrected chi connectivity index (χ0v) is 18.0. The molecule has 0 saturated carbocycles. The number of likely N-dealkylation sites (tertiary alicyclic amines) is 1. The van der Waals surface area contributed by atoms with Crippen LogP contribution in [-0.2, 0) is 4.79 Å². The summed E-state index contributed by atoms with van der Waals surface area (Å²) in [6.07, 6.45) is 3.12. The molecule has 2 amide bonds. The van der Waals surface area contributed by atoms with Gasteiger partial charge >= 0.3 is 0 Å². The molecule has 1 fully saturated rings. The maximum Gasteiger partial charge on any atom is 0.262 e. The van der Waals surface area contributed by atoms with E-state index in [1.54, 1.807) is 18.2 Å². The smallest absolute Gasteiger partial charge is 0.262 e. The van der Waals surface area contributed by atoms with Crippen molar-refractivity contribution in [2.24, 2.45) is 5.92 Å². The summed E-state index contributed by atoms with van der Waals surface area (Å²) < 4.78 is 19.3. The number of piperidine rings is 1. The minimum atomic E-state index is -0.482. The van der Waals surface area contributed by atoms with E-state index < -0.39 is 5.95 Å². The van der Waals surface area contributed by atoms with Crippen LogP contribution < -0.4 is 10.1 Å². The van der Waals surface area contributed by atoms with Crippen molar-refractivity contribution in [3.05, 3.63) is 89.5 Å². The lowest BCUT2D eigenvalue weighted by molar-refractivity contribution is -0.118. The third kappa shape index (κ3) is 4.44. The number of aromatic nitrogens is 1. The van der Waals surface area contributed by atoms with Gasteiger partial charge in [0.1, 0.15) is 5.75 Å². The Hall–Kier alpha value is -3.74. The van der Waals surface area contributed by atoms with Crippen LogP contribution >= 0.6 is 0 Å². The van der Waals surface area contributed by atoms with Gasteiger partial charge < -0.3 is 15.0 Å². The van der Waals surface area contributed by atoms with Gasteiger partial charge in [-0.1, -0.05) is 30.3 Å². The molecule has 7 heteroatoms. The van der Waals surface area contributed by atoms with E-state index in [0.29, 0.717) is 30.1 Å². The monoisotopic (exact) mass is 445 g/mol. The minimum absolute atomic E-state index is 0.0161. The molecule has 0 spiro atoms. The number of nitrogens with one attached hydrogen (secondary N) is 1. The maximum atomic E-state index is 13.9. The van der Waals surface area contributed by atoms with Gasteiger partial charge in [-0.25, -0.2) is 4.98 Å². The fourth-order valence-corrected chi connectivity index (χ4v) is 4.84. The minimum Gasteiger partial charge on any atom is -0.482 e. The highest BCUT2D eigenvalue weighted by atomic mass is 19.1. The quantitative estimate of drug-likeness (QED) is 0.610. The third-order valence-corrected chi connectivity index (χ3v) is 6.43. The molecular formula is C26H24FN3O3. The molecular weight excluding hydrogens is 421 g/mol. The Kier molecular flexibility index (Phi) is 5.77. The Balaban J connectivity index is 1.32. The van der Waals surface area contributed by atoms with Crippen LogP contribution in [0.4, 0.5) is 10.1 Å². The summed E-state index contributed by atoms with van der Waals surface area (Å²) in [6, 6.07) is 18.6.